The number of carboxylic acid groups (broad SMARTS) is 1. The first-order valence-corrected chi connectivity index (χ1v) is 18.0. The molecular formula is C26H44FNO7SSi. The van der Waals surface area contributed by atoms with Gasteiger partial charge in [0, 0.05) is 6.61 Å². The molecule has 212 valence electrons. The van der Waals surface area contributed by atoms with Crippen molar-refractivity contribution in [2.75, 3.05) is 18.9 Å². The van der Waals surface area contributed by atoms with Gasteiger partial charge < -0.3 is 19.4 Å². The molecule has 11 heteroatoms. The minimum absolute atomic E-state index is 0.0636. The summed E-state index contributed by atoms with van der Waals surface area (Å²) in [5.41, 5.74) is -1.04. The van der Waals surface area contributed by atoms with Crippen LogP contribution in [0.4, 0.5) is 9.18 Å². The van der Waals surface area contributed by atoms with Gasteiger partial charge in [0.25, 0.3) is 0 Å². The first-order valence-electron chi connectivity index (χ1n) is 13.0. The molecule has 1 amide bonds. The normalized spacial score (nSPS) is 17.0. The molecule has 2 rings (SSSR count). The van der Waals surface area contributed by atoms with Gasteiger partial charge in [-0.2, -0.15) is 0 Å². The van der Waals surface area contributed by atoms with Crippen molar-refractivity contribution >= 4 is 24.4 Å². The third-order valence-corrected chi connectivity index (χ3v) is 9.11. The van der Waals surface area contributed by atoms with Gasteiger partial charge in [-0.15, -0.1) is 0 Å². The Kier molecular flexibility index (Phi) is 10.6. The third kappa shape index (κ3) is 9.53. The molecule has 0 aromatic heterocycles. The second-order valence-corrected chi connectivity index (χ2v) is 18.6. The number of sulfonamides is 1. The average molecular weight is 562 g/mol. The molecular weight excluding hydrogens is 517 g/mol. The Morgan fingerprint density at radius 3 is 2.30 bits per heavy atom. The highest BCUT2D eigenvalue weighted by atomic mass is 32.2. The molecule has 8 nitrogen and oxygen atoms in total. The molecule has 1 aliphatic carbocycles. The van der Waals surface area contributed by atoms with Crippen molar-refractivity contribution in [1.29, 1.82) is 0 Å². The first-order chi connectivity index (χ1) is 17.0. The summed E-state index contributed by atoms with van der Waals surface area (Å²) in [5, 5.41) is 19.2. The lowest BCUT2D eigenvalue weighted by Crippen LogP contribution is -2.52. The van der Waals surface area contributed by atoms with Crippen LogP contribution in [-0.2, 0) is 20.1 Å². The van der Waals surface area contributed by atoms with Crippen molar-refractivity contribution in [3.05, 3.63) is 29.6 Å². The maximum Gasteiger partial charge on any atom is 0.421 e. The number of aliphatic hydroxyl groups is 1. The number of carbonyl (C=O) groups is 1. The number of nitrogens with zero attached hydrogens (tertiary/aromatic N) is 1. The molecule has 0 bridgehead atoms. The molecule has 1 aromatic carbocycles. The van der Waals surface area contributed by atoms with Crippen LogP contribution in [0, 0.1) is 11.2 Å². The van der Waals surface area contributed by atoms with Crippen LogP contribution in [0.15, 0.2) is 18.2 Å². The Labute approximate surface area is 222 Å². The van der Waals surface area contributed by atoms with Crippen molar-refractivity contribution in [3.63, 3.8) is 0 Å². The van der Waals surface area contributed by atoms with E-state index >= 15 is 0 Å². The van der Waals surface area contributed by atoms with Crippen LogP contribution >= 0.6 is 0 Å². The van der Waals surface area contributed by atoms with Gasteiger partial charge in [0.2, 0.25) is 10.0 Å². The van der Waals surface area contributed by atoms with Gasteiger partial charge in [0.15, 0.2) is 19.9 Å². The fourth-order valence-electron chi connectivity index (χ4n) is 4.56. The van der Waals surface area contributed by atoms with E-state index in [1.165, 1.54) is 6.07 Å². The van der Waals surface area contributed by atoms with Crippen molar-refractivity contribution in [1.82, 2.24) is 4.31 Å². The van der Waals surface area contributed by atoms with Crippen LogP contribution in [0.1, 0.15) is 71.3 Å². The van der Waals surface area contributed by atoms with E-state index in [1.807, 2.05) is 40.4 Å². The molecule has 0 spiro atoms. The highest BCUT2D eigenvalue weighted by Crippen LogP contribution is 2.41. The van der Waals surface area contributed by atoms with Gasteiger partial charge in [-0.05, 0) is 87.7 Å². The fraction of sp³-hybridized carbons (Fsp3) is 0.731. The number of rotatable bonds is 13. The zero-order valence-electron chi connectivity index (χ0n) is 23.0. The van der Waals surface area contributed by atoms with E-state index in [-0.39, 0.29) is 30.3 Å². The number of ether oxygens (including phenoxy) is 1. The van der Waals surface area contributed by atoms with E-state index in [9.17, 15) is 22.7 Å². The van der Waals surface area contributed by atoms with E-state index in [0.717, 1.165) is 25.7 Å². The fourth-order valence-corrected chi connectivity index (χ4v) is 7.37. The number of benzene rings is 1. The molecule has 2 N–H and O–H groups in total. The summed E-state index contributed by atoms with van der Waals surface area (Å²) in [6.07, 6.45) is 2.79. The minimum atomic E-state index is -4.27. The molecule has 0 heterocycles. The van der Waals surface area contributed by atoms with Gasteiger partial charge in [-0.25, -0.2) is 21.9 Å². The van der Waals surface area contributed by atoms with E-state index in [2.05, 4.69) is 0 Å². The van der Waals surface area contributed by atoms with Crippen LogP contribution in [0.25, 0.3) is 0 Å². The minimum Gasteiger partial charge on any atom is -0.487 e. The van der Waals surface area contributed by atoms with Gasteiger partial charge in [0.1, 0.15) is 5.60 Å². The van der Waals surface area contributed by atoms with Crippen molar-refractivity contribution in [2.24, 2.45) is 5.41 Å². The third-order valence-electron chi connectivity index (χ3n) is 6.34. The monoisotopic (exact) mass is 561 g/mol. The van der Waals surface area contributed by atoms with E-state index < -0.39 is 48.1 Å². The van der Waals surface area contributed by atoms with Gasteiger partial charge in [0.05, 0.1) is 18.4 Å². The Hall–Kier alpha value is -1.69. The van der Waals surface area contributed by atoms with Gasteiger partial charge in [-0.1, -0.05) is 26.8 Å². The Morgan fingerprint density at radius 1 is 1.16 bits per heavy atom. The Balaban J connectivity index is 2.67. The van der Waals surface area contributed by atoms with E-state index in [0.29, 0.717) is 22.7 Å². The van der Waals surface area contributed by atoms with Crippen LogP contribution in [0.3, 0.4) is 0 Å². The Bertz CT molecular complexity index is 1020. The number of hydrogen-bond donors (Lipinski definition) is 2. The summed E-state index contributed by atoms with van der Waals surface area (Å²) in [7, 11) is -6.68. The topological polar surface area (TPSA) is 113 Å². The predicted molar refractivity (Wildman–Crippen MR) is 144 cm³/mol. The Morgan fingerprint density at radius 2 is 1.78 bits per heavy atom. The number of halogens is 1. The van der Waals surface area contributed by atoms with Crippen LogP contribution in [0.2, 0.25) is 19.6 Å². The van der Waals surface area contributed by atoms with Crippen LogP contribution in [0.5, 0.6) is 5.75 Å². The summed E-state index contributed by atoms with van der Waals surface area (Å²) in [6, 6.07) is 4.38. The maximum absolute atomic E-state index is 14.9. The van der Waals surface area contributed by atoms with Gasteiger partial charge in [-0.3, -0.25) is 0 Å². The molecule has 0 aliphatic heterocycles. The molecule has 0 radical (unpaired) electrons. The zero-order chi connectivity index (χ0) is 28.1. The molecule has 1 aliphatic rings. The number of amides is 1. The summed E-state index contributed by atoms with van der Waals surface area (Å²) in [6.45, 7) is 11.1. The van der Waals surface area contributed by atoms with Crippen molar-refractivity contribution < 1.29 is 37.0 Å². The SMILES string of the molecule is CC(C)(C)CC[C@](CN(C(=O)O)S(=O)(=O)CCCO)(O[Si](C)(C)C)c1ccc(F)c(OC2CCCC2)c1. The highest BCUT2D eigenvalue weighted by Gasteiger charge is 2.44. The van der Waals surface area contributed by atoms with Crippen molar-refractivity contribution in [2.45, 2.75) is 97.1 Å². The van der Waals surface area contributed by atoms with Crippen molar-refractivity contribution in [3.8, 4) is 5.75 Å². The first kappa shape index (κ1) is 31.5. The van der Waals surface area contributed by atoms with Crippen LogP contribution < -0.4 is 4.74 Å². The molecule has 1 atom stereocenters. The summed E-state index contributed by atoms with van der Waals surface area (Å²) >= 11 is 0. The van der Waals surface area contributed by atoms with Gasteiger partial charge >= 0.3 is 6.09 Å². The smallest absolute Gasteiger partial charge is 0.421 e. The molecule has 1 fully saturated rings. The summed E-state index contributed by atoms with van der Waals surface area (Å²) in [4.78, 5) is 12.3. The summed E-state index contributed by atoms with van der Waals surface area (Å²) in [5.74, 6) is -0.981. The highest BCUT2D eigenvalue weighted by molar-refractivity contribution is 7.89. The lowest BCUT2D eigenvalue weighted by atomic mass is 9.81. The molecule has 1 saturated carbocycles. The molecule has 1 aromatic rings. The second kappa shape index (κ2) is 12.4. The molecule has 0 unspecified atom stereocenters. The van der Waals surface area contributed by atoms with Crippen LogP contribution in [-0.4, -0.2) is 62.4 Å². The van der Waals surface area contributed by atoms with E-state index in [1.54, 1.807) is 12.1 Å². The predicted octanol–water partition coefficient (Wildman–Crippen LogP) is 5.71. The number of aliphatic hydroxyl groups excluding tert-OH is 1. The molecule has 37 heavy (non-hydrogen) atoms. The summed E-state index contributed by atoms with van der Waals surface area (Å²) < 4.78 is 54.1. The average Bonchev–Trinajstić information content (AvgIpc) is 3.27. The largest absolute Gasteiger partial charge is 0.487 e. The standard InChI is InChI=1S/C26H44FNO7SSi/c1-25(2,3)14-15-26(35-37(4,5)6,19-28(24(30)31)36(32,33)17-9-16-29)20-12-13-22(27)23(18-20)34-21-10-7-8-11-21/h12-13,18,21,29H,7-11,14-17,19H2,1-6H3,(H,30,31)/t26-/m1/s1. The molecule has 0 saturated heterocycles. The second-order valence-electron chi connectivity index (χ2n) is 12.1. The lowest BCUT2D eigenvalue weighted by molar-refractivity contribution is 0.0193. The zero-order valence-corrected chi connectivity index (χ0v) is 24.9. The lowest BCUT2D eigenvalue weighted by Gasteiger charge is -2.43. The number of hydrogen-bond acceptors (Lipinski definition) is 6. The maximum atomic E-state index is 14.9. The quantitative estimate of drug-likeness (QED) is 0.297. The van der Waals surface area contributed by atoms with E-state index in [4.69, 9.17) is 14.3 Å².